The van der Waals surface area contributed by atoms with Crippen LogP contribution in [0.1, 0.15) is 12.0 Å². The van der Waals surface area contributed by atoms with Crippen molar-refractivity contribution >= 4 is 0 Å². The van der Waals surface area contributed by atoms with Gasteiger partial charge in [-0.3, -0.25) is 0 Å². The number of para-hydroxylation sites is 1. The molecule has 0 saturated carbocycles. The summed E-state index contributed by atoms with van der Waals surface area (Å²) < 4.78 is 16.4. The Balaban J connectivity index is 1.79. The molecule has 15 heavy (non-hydrogen) atoms. The molecule has 0 aromatic heterocycles. The molecule has 1 atom stereocenters. The average molecular weight is 206 g/mol. The summed E-state index contributed by atoms with van der Waals surface area (Å²) in [4.78, 5) is 0. The molecule has 80 valence electrons. The minimum Gasteiger partial charge on any atom is -0.489 e. The Labute approximate surface area is 89.0 Å². The Hall–Kier alpha value is -1.22. The largest absolute Gasteiger partial charge is 0.489 e. The lowest BCUT2D eigenvalue weighted by Crippen LogP contribution is -2.11. The SMILES string of the molecule is c1cc2c(c(OCC3CO3)c1)OCCC2. The molecule has 1 unspecified atom stereocenters. The molecule has 0 bridgehead atoms. The Morgan fingerprint density at radius 1 is 1.40 bits per heavy atom. The molecular formula is C12H14O3. The van der Waals surface area contributed by atoms with Crippen molar-refractivity contribution in [2.75, 3.05) is 19.8 Å². The van der Waals surface area contributed by atoms with Crippen molar-refractivity contribution in [1.29, 1.82) is 0 Å². The molecule has 0 radical (unpaired) electrons. The van der Waals surface area contributed by atoms with Gasteiger partial charge in [0.2, 0.25) is 0 Å². The highest BCUT2D eigenvalue weighted by molar-refractivity contribution is 5.47. The zero-order chi connectivity index (χ0) is 10.1. The zero-order valence-electron chi connectivity index (χ0n) is 8.57. The molecule has 1 aromatic rings. The highest BCUT2D eigenvalue weighted by Gasteiger charge is 2.24. The summed E-state index contributed by atoms with van der Waals surface area (Å²) in [5, 5.41) is 0. The Bertz CT molecular complexity index is 358. The molecule has 2 heterocycles. The van der Waals surface area contributed by atoms with E-state index < -0.39 is 0 Å². The predicted octanol–water partition coefficient (Wildman–Crippen LogP) is 1.79. The van der Waals surface area contributed by atoms with Crippen LogP contribution in [0.2, 0.25) is 0 Å². The summed E-state index contributed by atoms with van der Waals surface area (Å²) >= 11 is 0. The lowest BCUT2D eigenvalue weighted by Gasteiger charge is -2.19. The number of hydrogen-bond acceptors (Lipinski definition) is 3. The van der Waals surface area contributed by atoms with E-state index in [1.54, 1.807) is 0 Å². The van der Waals surface area contributed by atoms with Crippen molar-refractivity contribution in [2.24, 2.45) is 0 Å². The third kappa shape index (κ3) is 1.92. The monoisotopic (exact) mass is 206 g/mol. The van der Waals surface area contributed by atoms with Gasteiger partial charge in [0.15, 0.2) is 11.5 Å². The smallest absolute Gasteiger partial charge is 0.164 e. The van der Waals surface area contributed by atoms with Gasteiger partial charge in [-0.15, -0.1) is 0 Å². The third-order valence-corrected chi connectivity index (χ3v) is 2.72. The number of fused-ring (bicyclic) bond motifs is 1. The molecule has 3 rings (SSSR count). The van der Waals surface area contributed by atoms with Crippen LogP contribution in [0.25, 0.3) is 0 Å². The fourth-order valence-corrected chi connectivity index (χ4v) is 1.82. The van der Waals surface area contributed by atoms with E-state index in [0.29, 0.717) is 12.7 Å². The molecule has 2 aliphatic heterocycles. The van der Waals surface area contributed by atoms with Crippen molar-refractivity contribution in [3.05, 3.63) is 23.8 Å². The molecular weight excluding hydrogens is 192 g/mol. The predicted molar refractivity (Wildman–Crippen MR) is 55.5 cm³/mol. The van der Waals surface area contributed by atoms with Crippen LogP contribution in [0, 0.1) is 0 Å². The maximum Gasteiger partial charge on any atom is 0.164 e. The summed E-state index contributed by atoms with van der Waals surface area (Å²) in [7, 11) is 0. The van der Waals surface area contributed by atoms with Gasteiger partial charge in [-0.05, 0) is 24.5 Å². The Kier molecular flexibility index (Phi) is 2.25. The van der Waals surface area contributed by atoms with Crippen LogP contribution in [-0.2, 0) is 11.2 Å². The molecule has 1 saturated heterocycles. The van der Waals surface area contributed by atoms with Gasteiger partial charge in [0.05, 0.1) is 13.2 Å². The Morgan fingerprint density at radius 2 is 2.33 bits per heavy atom. The maximum atomic E-state index is 5.68. The molecule has 3 heteroatoms. The van der Waals surface area contributed by atoms with E-state index in [4.69, 9.17) is 14.2 Å². The lowest BCUT2D eigenvalue weighted by atomic mass is 10.1. The summed E-state index contributed by atoms with van der Waals surface area (Å²) in [5.41, 5.74) is 1.26. The molecule has 0 spiro atoms. The van der Waals surface area contributed by atoms with Crippen LogP contribution in [0.4, 0.5) is 0 Å². The van der Waals surface area contributed by atoms with E-state index in [1.807, 2.05) is 12.1 Å². The first-order valence-electron chi connectivity index (χ1n) is 5.42. The molecule has 0 aliphatic carbocycles. The minimum absolute atomic E-state index is 0.296. The first kappa shape index (κ1) is 9.04. The number of aryl methyl sites for hydroxylation is 1. The van der Waals surface area contributed by atoms with Crippen molar-refractivity contribution in [3.63, 3.8) is 0 Å². The van der Waals surface area contributed by atoms with Gasteiger partial charge in [-0.2, -0.15) is 0 Å². The normalized spacial score (nSPS) is 22.8. The van der Waals surface area contributed by atoms with Crippen molar-refractivity contribution < 1.29 is 14.2 Å². The molecule has 3 nitrogen and oxygen atoms in total. The van der Waals surface area contributed by atoms with Gasteiger partial charge in [0, 0.05) is 0 Å². The van der Waals surface area contributed by atoms with Crippen molar-refractivity contribution in [3.8, 4) is 11.5 Å². The van der Waals surface area contributed by atoms with Gasteiger partial charge in [0.25, 0.3) is 0 Å². The quantitative estimate of drug-likeness (QED) is 0.706. The second-order valence-electron chi connectivity index (χ2n) is 3.96. The summed E-state index contributed by atoms with van der Waals surface area (Å²) in [5.74, 6) is 1.80. The van der Waals surface area contributed by atoms with E-state index in [-0.39, 0.29) is 0 Å². The van der Waals surface area contributed by atoms with Crippen LogP contribution in [0.15, 0.2) is 18.2 Å². The highest BCUT2D eigenvalue weighted by Crippen LogP contribution is 2.35. The van der Waals surface area contributed by atoms with E-state index in [9.17, 15) is 0 Å². The number of hydrogen-bond donors (Lipinski definition) is 0. The van der Waals surface area contributed by atoms with E-state index >= 15 is 0 Å². The van der Waals surface area contributed by atoms with Crippen LogP contribution >= 0.6 is 0 Å². The topological polar surface area (TPSA) is 31.0 Å². The molecule has 1 fully saturated rings. The van der Waals surface area contributed by atoms with Gasteiger partial charge >= 0.3 is 0 Å². The summed E-state index contributed by atoms with van der Waals surface area (Å²) in [6.45, 7) is 2.27. The maximum absolute atomic E-state index is 5.68. The van der Waals surface area contributed by atoms with E-state index in [0.717, 1.165) is 37.6 Å². The fraction of sp³-hybridized carbons (Fsp3) is 0.500. The molecule has 0 N–H and O–H groups in total. The number of epoxide rings is 1. The van der Waals surface area contributed by atoms with E-state index in [1.165, 1.54) is 5.56 Å². The molecule has 0 amide bonds. The number of benzene rings is 1. The van der Waals surface area contributed by atoms with Crippen LogP contribution < -0.4 is 9.47 Å². The number of ether oxygens (including phenoxy) is 3. The van der Waals surface area contributed by atoms with Crippen LogP contribution in [-0.4, -0.2) is 25.9 Å². The summed E-state index contributed by atoms with van der Waals surface area (Å²) in [6.07, 6.45) is 2.48. The summed E-state index contributed by atoms with van der Waals surface area (Å²) in [6, 6.07) is 6.10. The van der Waals surface area contributed by atoms with Crippen LogP contribution in [0.5, 0.6) is 11.5 Å². The van der Waals surface area contributed by atoms with Gasteiger partial charge in [0.1, 0.15) is 12.7 Å². The zero-order valence-corrected chi connectivity index (χ0v) is 8.57. The fourth-order valence-electron chi connectivity index (χ4n) is 1.82. The first-order chi connectivity index (χ1) is 7.43. The third-order valence-electron chi connectivity index (χ3n) is 2.72. The molecule has 2 aliphatic rings. The highest BCUT2D eigenvalue weighted by atomic mass is 16.6. The van der Waals surface area contributed by atoms with Crippen LogP contribution in [0.3, 0.4) is 0 Å². The minimum atomic E-state index is 0.296. The average Bonchev–Trinajstić information content (AvgIpc) is 3.10. The molecule has 1 aromatic carbocycles. The van der Waals surface area contributed by atoms with Gasteiger partial charge in [-0.1, -0.05) is 12.1 Å². The Morgan fingerprint density at radius 3 is 3.20 bits per heavy atom. The second-order valence-corrected chi connectivity index (χ2v) is 3.96. The van der Waals surface area contributed by atoms with Crippen molar-refractivity contribution in [1.82, 2.24) is 0 Å². The first-order valence-corrected chi connectivity index (χ1v) is 5.42. The lowest BCUT2D eigenvalue weighted by molar-refractivity contribution is 0.232. The van der Waals surface area contributed by atoms with Crippen molar-refractivity contribution in [2.45, 2.75) is 18.9 Å². The number of rotatable bonds is 3. The van der Waals surface area contributed by atoms with Gasteiger partial charge in [-0.25, -0.2) is 0 Å². The second kappa shape index (κ2) is 3.74. The van der Waals surface area contributed by atoms with E-state index in [2.05, 4.69) is 6.07 Å². The van der Waals surface area contributed by atoms with Gasteiger partial charge < -0.3 is 14.2 Å². The standard InChI is InChI=1S/C12H14O3/c1-3-9-4-2-6-13-12(9)11(5-1)15-8-10-7-14-10/h1,3,5,10H,2,4,6-8H2.